The maximum absolute atomic E-state index is 12.2. The Labute approximate surface area is 169 Å². The molecule has 3 N–H and O–H groups in total. The lowest BCUT2D eigenvalue weighted by Gasteiger charge is -2.34. The van der Waals surface area contributed by atoms with Crippen LogP contribution in [0, 0.1) is 0 Å². The molecule has 0 radical (unpaired) electrons. The highest BCUT2D eigenvalue weighted by Gasteiger charge is 2.30. The summed E-state index contributed by atoms with van der Waals surface area (Å²) in [7, 11) is 3.67. The number of hydrogen-bond acceptors (Lipinski definition) is 4. The molecular weight excluding hydrogens is 356 g/mol. The molecule has 1 aromatic heterocycles. The third-order valence-electron chi connectivity index (χ3n) is 4.63. The topological polar surface area (TPSA) is 92.6 Å². The van der Waals surface area contributed by atoms with Crippen LogP contribution < -0.4 is 16.0 Å². The molecule has 0 spiro atoms. The van der Waals surface area contributed by atoms with E-state index in [1.54, 1.807) is 7.05 Å². The lowest BCUT2D eigenvalue weighted by Crippen LogP contribution is -2.57. The van der Waals surface area contributed by atoms with Crippen LogP contribution in [0.2, 0.25) is 0 Å². The van der Waals surface area contributed by atoms with Crippen LogP contribution in [-0.2, 0) is 18.2 Å². The van der Waals surface area contributed by atoms with Gasteiger partial charge in [-0.2, -0.15) is 5.10 Å². The Balaban J connectivity index is 2.48. The Morgan fingerprint density at radius 3 is 2.43 bits per heavy atom. The van der Waals surface area contributed by atoms with E-state index in [1.807, 2.05) is 44.9 Å². The van der Waals surface area contributed by atoms with E-state index < -0.39 is 17.2 Å². The lowest BCUT2D eigenvalue weighted by atomic mass is 9.93. The van der Waals surface area contributed by atoms with Crippen molar-refractivity contribution in [3.8, 4) is 0 Å². The summed E-state index contributed by atoms with van der Waals surface area (Å²) in [6, 6.07) is 0. The highest BCUT2D eigenvalue weighted by atomic mass is 16.6. The number of hydrogen-bond donors (Lipinski definition) is 3. The predicted octanol–water partition coefficient (Wildman–Crippen LogP) is 2.60. The van der Waals surface area contributed by atoms with Crippen molar-refractivity contribution >= 4 is 12.1 Å². The second kappa shape index (κ2) is 10.9. The number of ether oxygens (including phenoxy) is 1. The summed E-state index contributed by atoms with van der Waals surface area (Å²) in [4.78, 5) is 16.5. The summed E-state index contributed by atoms with van der Waals surface area (Å²) in [6.07, 6.45) is 7.05. The number of carbonyl (C=O) groups is 1. The fraction of sp³-hybridized carbons (Fsp3) is 0.750. The molecule has 0 aromatic carbocycles. The third-order valence-corrected chi connectivity index (χ3v) is 4.63. The number of carbonyl (C=O) groups excluding carboxylic acids is 1. The third kappa shape index (κ3) is 8.63. The summed E-state index contributed by atoms with van der Waals surface area (Å²) in [6.45, 7) is 11.1. The molecule has 1 aromatic rings. The van der Waals surface area contributed by atoms with E-state index in [9.17, 15) is 4.79 Å². The van der Waals surface area contributed by atoms with Gasteiger partial charge < -0.3 is 20.7 Å². The van der Waals surface area contributed by atoms with E-state index in [-0.39, 0.29) is 0 Å². The van der Waals surface area contributed by atoms with Gasteiger partial charge in [-0.25, -0.2) is 4.79 Å². The van der Waals surface area contributed by atoms with Crippen LogP contribution in [0.4, 0.5) is 4.79 Å². The minimum Gasteiger partial charge on any atom is -0.444 e. The fourth-order valence-corrected chi connectivity index (χ4v) is 2.81. The van der Waals surface area contributed by atoms with Gasteiger partial charge in [-0.15, -0.1) is 0 Å². The highest BCUT2D eigenvalue weighted by Crippen LogP contribution is 2.16. The van der Waals surface area contributed by atoms with Gasteiger partial charge in [-0.1, -0.05) is 13.8 Å². The summed E-state index contributed by atoms with van der Waals surface area (Å²) in [5.41, 5.74) is 0.316. The molecule has 0 saturated carbocycles. The first-order valence-electron chi connectivity index (χ1n) is 10.1. The van der Waals surface area contributed by atoms with Crippen LogP contribution in [0.5, 0.6) is 0 Å². The van der Waals surface area contributed by atoms with E-state index in [0.29, 0.717) is 6.54 Å². The molecule has 1 heterocycles. The second-order valence-electron chi connectivity index (χ2n) is 8.09. The first-order valence-corrected chi connectivity index (χ1v) is 10.1. The van der Waals surface area contributed by atoms with Gasteiger partial charge in [0.05, 0.1) is 11.7 Å². The van der Waals surface area contributed by atoms with Crippen molar-refractivity contribution < 1.29 is 9.53 Å². The molecule has 0 aliphatic heterocycles. The molecule has 0 aliphatic rings. The average molecular weight is 395 g/mol. The number of aryl methyl sites for hydroxylation is 2. The monoisotopic (exact) mass is 394 g/mol. The van der Waals surface area contributed by atoms with Gasteiger partial charge in [-0.3, -0.25) is 9.67 Å². The van der Waals surface area contributed by atoms with E-state index in [2.05, 4.69) is 39.9 Å². The maximum Gasteiger partial charge on any atom is 0.408 e. The van der Waals surface area contributed by atoms with Crippen LogP contribution in [0.3, 0.4) is 0 Å². The minimum atomic E-state index is -0.517. The number of aromatic nitrogens is 2. The van der Waals surface area contributed by atoms with E-state index in [1.165, 1.54) is 5.56 Å². The Morgan fingerprint density at radius 1 is 1.25 bits per heavy atom. The van der Waals surface area contributed by atoms with E-state index in [0.717, 1.165) is 38.2 Å². The van der Waals surface area contributed by atoms with Crippen molar-refractivity contribution in [3.63, 3.8) is 0 Å². The largest absolute Gasteiger partial charge is 0.444 e. The smallest absolute Gasteiger partial charge is 0.408 e. The molecule has 0 saturated heterocycles. The van der Waals surface area contributed by atoms with Gasteiger partial charge in [0, 0.05) is 33.4 Å². The minimum absolute atomic E-state index is 0.391. The molecule has 1 amide bonds. The van der Waals surface area contributed by atoms with E-state index >= 15 is 0 Å². The highest BCUT2D eigenvalue weighted by molar-refractivity contribution is 5.79. The van der Waals surface area contributed by atoms with Crippen LogP contribution in [0.15, 0.2) is 17.4 Å². The molecule has 0 atom stereocenters. The molecule has 1 rings (SSSR count). The predicted molar refractivity (Wildman–Crippen MR) is 114 cm³/mol. The Hall–Kier alpha value is -2.25. The van der Waals surface area contributed by atoms with Gasteiger partial charge in [0.15, 0.2) is 5.96 Å². The number of aliphatic imine (C=N–C) groups is 1. The molecule has 8 heteroatoms. The maximum atomic E-state index is 12.2. The van der Waals surface area contributed by atoms with Crippen molar-refractivity contribution in [2.45, 2.75) is 71.4 Å². The van der Waals surface area contributed by atoms with Crippen LogP contribution in [0.1, 0.15) is 59.4 Å². The van der Waals surface area contributed by atoms with Crippen molar-refractivity contribution in [2.75, 3.05) is 20.1 Å². The number of nitrogens with one attached hydrogen (secondary N) is 3. The number of amides is 1. The normalized spacial score (nSPS) is 12.6. The Bertz CT molecular complexity index is 629. The van der Waals surface area contributed by atoms with Crippen molar-refractivity contribution in [2.24, 2.45) is 12.0 Å². The zero-order chi connectivity index (χ0) is 21.2. The quantitative estimate of drug-likeness (QED) is 0.340. The van der Waals surface area contributed by atoms with Crippen LogP contribution >= 0.6 is 0 Å². The Kier molecular flexibility index (Phi) is 9.28. The summed E-state index contributed by atoms with van der Waals surface area (Å²) < 4.78 is 7.24. The molecule has 8 nitrogen and oxygen atoms in total. The summed E-state index contributed by atoms with van der Waals surface area (Å²) in [5, 5.41) is 13.9. The fourth-order valence-electron chi connectivity index (χ4n) is 2.81. The molecule has 0 fully saturated rings. The van der Waals surface area contributed by atoms with Crippen LogP contribution in [0.25, 0.3) is 0 Å². The number of alkyl carbamates (subject to hydrolysis) is 1. The molecule has 28 heavy (non-hydrogen) atoms. The zero-order valence-corrected chi connectivity index (χ0v) is 18.6. The zero-order valence-electron chi connectivity index (χ0n) is 18.6. The first kappa shape index (κ1) is 23.8. The molecule has 160 valence electrons. The van der Waals surface area contributed by atoms with Gasteiger partial charge in [0.1, 0.15) is 5.60 Å². The van der Waals surface area contributed by atoms with Gasteiger partial charge >= 0.3 is 6.09 Å². The molecule has 0 bridgehead atoms. The second-order valence-corrected chi connectivity index (χ2v) is 8.09. The average Bonchev–Trinajstić information content (AvgIpc) is 3.03. The van der Waals surface area contributed by atoms with Crippen LogP contribution in [-0.4, -0.2) is 53.1 Å². The van der Waals surface area contributed by atoms with Gasteiger partial charge in [0.25, 0.3) is 0 Å². The van der Waals surface area contributed by atoms with Crippen molar-refractivity contribution in [3.05, 3.63) is 18.0 Å². The molecule has 0 aliphatic carbocycles. The van der Waals surface area contributed by atoms with Gasteiger partial charge in [0.2, 0.25) is 0 Å². The summed E-state index contributed by atoms with van der Waals surface area (Å²) >= 11 is 0. The SMILES string of the molecule is CCC(CC)(CNC(=NC)NCCCc1cnn(C)c1)NC(=O)OC(C)(C)C. The number of nitrogens with zero attached hydrogens (tertiary/aromatic N) is 3. The van der Waals surface area contributed by atoms with E-state index in [4.69, 9.17) is 4.74 Å². The number of rotatable bonds is 9. The Morgan fingerprint density at radius 2 is 1.93 bits per heavy atom. The molecule has 0 unspecified atom stereocenters. The first-order chi connectivity index (χ1) is 13.1. The van der Waals surface area contributed by atoms with Crippen molar-refractivity contribution in [1.82, 2.24) is 25.7 Å². The van der Waals surface area contributed by atoms with Gasteiger partial charge in [-0.05, 0) is 52.0 Å². The molecular formula is C20H38N6O2. The lowest BCUT2D eigenvalue weighted by molar-refractivity contribution is 0.0448. The standard InChI is InChI=1S/C20H38N6O2/c1-8-20(9-2,25-18(27)28-19(3,4)5)15-23-17(21-6)22-12-10-11-16-13-24-26(7)14-16/h13-14H,8-12,15H2,1-7H3,(H,25,27)(H2,21,22,23). The number of guanidine groups is 1. The van der Waals surface area contributed by atoms with Crippen molar-refractivity contribution in [1.29, 1.82) is 0 Å². The summed E-state index contributed by atoms with van der Waals surface area (Å²) in [5.74, 6) is 0.725.